The van der Waals surface area contributed by atoms with Gasteiger partial charge in [-0.1, -0.05) is 0 Å². The summed E-state index contributed by atoms with van der Waals surface area (Å²) in [6.45, 7) is 5.58. The maximum atomic E-state index is 12.8. The Bertz CT molecular complexity index is 1030. The van der Waals surface area contributed by atoms with Gasteiger partial charge in [-0.25, -0.2) is 4.98 Å². The summed E-state index contributed by atoms with van der Waals surface area (Å²) in [5.74, 6) is 1.38. The van der Waals surface area contributed by atoms with E-state index in [1.54, 1.807) is 17.6 Å². The molecule has 7 nitrogen and oxygen atoms in total. The first kappa shape index (κ1) is 21.2. The van der Waals surface area contributed by atoms with Gasteiger partial charge in [0.05, 0.1) is 30.9 Å². The van der Waals surface area contributed by atoms with Gasteiger partial charge in [0.1, 0.15) is 23.0 Å². The highest BCUT2D eigenvalue weighted by molar-refractivity contribution is 7.18. The smallest absolute Gasteiger partial charge is 0.259 e. The van der Waals surface area contributed by atoms with Crippen LogP contribution in [0.15, 0.2) is 27.6 Å². The van der Waals surface area contributed by atoms with Crippen molar-refractivity contribution in [3.8, 4) is 0 Å². The zero-order valence-electron chi connectivity index (χ0n) is 17.5. The fraction of sp³-hybridized carbons (Fsp3) is 0.545. The van der Waals surface area contributed by atoms with Crippen LogP contribution in [0.1, 0.15) is 48.7 Å². The quantitative estimate of drug-likeness (QED) is 0.540. The molecule has 162 valence electrons. The van der Waals surface area contributed by atoms with Gasteiger partial charge in [-0.05, 0) is 57.2 Å². The number of ether oxygens (including phenoxy) is 1. The maximum Gasteiger partial charge on any atom is 0.259 e. The largest absolute Gasteiger partial charge is 0.467 e. The lowest BCUT2D eigenvalue weighted by Gasteiger charge is -2.28. The Labute approximate surface area is 179 Å². The van der Waals surface area contributed by atoms with Gasteiger partial charge in [0.2, 0.25) is 0 Å². The Hall–Kier alpha value is -2.00. The number of aliphatic hydroxyl groups is 1. The third-order valence-corrected chi connectivity index (χ3v) is 6.72. The van der Waals surface area contributed by atoms with Crippen LogP contribution < -0.4 is 5.56 Å². The van der Waals surface area contributed by atoms with E-state index in [0.29, 0.717) is 25.5 Å². The summed E-state index contributed by atoms with van der Waals surface area (Å²) < 4.78 is 10.8. The number of hydrogen-bond acceptors (Lipinski definition) is 7. The van der Waals surface area contributed by atoms with Crippen LogP contribution in [0, 0.1) is 0 Å². The summed E-state index contributed by atoms with van der Waals surface area (Å²) in [5.41, 5.74) is 1.16. The van der Waals surface area contributed by atoms with Crippen LogP contribution >= 0.6 is 11.3 Å². The number of furan rings is 1. The van der Waals surface area contributed by atoms with Crippen LogP contribution in [0.2, 0.25) is 0 Å². The molecule has 4 rings (SSSR count). The second-order valence-corrected chi connectivity index (χ2v) is 9.26. The first-order chi connectivity index (χ1) is 14.5. The number of nitrogens with one attached hydrogen (secondary N) is 1. The van der Waals surface area contributed by atoms with E-state index in [9.17, 15) is 9.90 Å². The van der Waals surface area contributed by atoms with E-state index in [1.165, 1.54) is 16.9 Å². The topological polar surface area (TPSA) is 91.6 Å². The summed E-state index contributed by atoms with van der Waals surface area (Å²) in [6.07, 6.45) is 5.30. The van der Waals surface area contributed by atoms with Gasteiger partial charge in [-0.2, -0.15) is 0 Å². The number of aliphatic hydroxyl groups excluding tert-OH is 1. The second-order valence-electron chi connectivity index (χ2n) is 8.18. The fourth-order valence-electron chi connectivity index (χ4n) is 3.95. The van der Waals surface area contributed by atoms with E-state index in [-0.39, 0.29) is 18.2 Å². The molecule has 0 saturated carbocycles. The van der Waals surface area contributed by atoms with Gasteiger partial charge >= 0.3 is 0 Å². The lowest BCUT2D eigenvalue weighted by atomic mass is 9.97. The number of nitrogens with zero attached hydrogens (tertiary/aromatic N) is 2. The van der Waals surface area contributed by atoms with Crippen molar-refractivity contribution in [1.82, 2.24) is 14.9 Å². The van der Waals surface area contributed by atoms with Gasteiger partial charge in [0.25, 0.3) is 5.56 Å². The molecule has 1 aliphatic rings. The van der Waals surface area contributed by atoms with E-state index < -0.39 is 6.10 Å². The Morgan fingerprint density at radius 1 is 1.37 bits per heavy atom. The van der Waals surface area contributed by atoms with Crippen molar-refractivity contribution >= 4 is 21.6 Å². The summed E-state index contributed by atoms with van der Waals surface area (Å²) in [6, 6.07) is 3.83. The van der Waals surface area contributed by atoms with Crippen LogP contribution in [-0.4, -0.2) is 45.3 Å². The second kappa shape index (κ2) is 9.43. The molecule has 1 aliphatic carbocycles. The normalized spacial score (nSPS) is 15.2. The number of hydrogen-bond donors (Lipinski definition) is 2. The van der Waals surface area contributed by atoms with Crippen molar-refractivity contribution in [2.24, 2.45) is 0 Å². The van der Waals surface area contributed by atoms with Crippen molar-refractivity contribution in [1.29, 1.82) is 0 Å². The Morgan fingerprint density at radius 2 is 2.20 bits per heavy atom. The molecule has 0 saturated heterocycles. The molecule has 3 aromatic rings. The Kier molecular flexibility index (Phi) is 6.67. The molecule has 0 radical (unpaired) electrons. The molecule has 0 aliphatic heterocycles. The van der Waals surface area contributed by atoms with E-state index in [0.717, 1.165) is 35.2 Å². The van der Waals surface area contributed by atoms with Crippen LogP contribution in [0.5, 0.6) is 0 Å². The van der Waals surface area contributed by atoms with Crippen LogP contribution in [0.25, 0.3) is 10.2 Å². The van der Waals surface area contributed by atoms with Gasteiger partial charge in [-0.15, -0.1) is 11.3 Å². The molecule has 8 heteroatoms. The number of aromatic nitrogens is 2. The summed E-state index contributed by atoms with van der Waals surface area (Å²) >= 11 is 1.66. The molecule has 0 unspecified atom stereocenters. The Morgan fingerprint density at radius 3 is 2.97 bits per heavy atom. The van der Waals surface area contributed by atoms with Crippen LogP contribution in [-0.2, 0) is 30.7 Å². The first-order valence-corrected chi connectivity index (χ1v) is 11.4. The highest BCUT2D eigenvalue weighted by Gasteiger charge is 2.21. The lowest BCUT2D eigenvalue weighted by molar-refractivity contribution is -0.00158. The van der Waals surface area contributed by atoms with E-state index in [2.05, 4.69) is 23.7 Å². The van der Waals surface area contributed by atoms with E-state index in [1.807, 2.05) is 12.1 Å². The maximum absolute atomic E-state index is 12.8. The molecular weight excluding hydrogens is 402 g/mol. The molecule has 0 spiro atoms. The predicted octanol–water partition coefficient (Wildman–Crippen LogP) is 3.24. The minimum atomic E-state index is -0.646. The number of aryl methyl sites for hydroxylation is 2. The third-order valence-electron chi connectivity index (χ3n) is 5.54. The molecule has 0 aromatic carbocycles. The van der Waals surface area contributed by atoms with Gasteiger partial charge in [-0.3, -0.25) is 9.69 Å². The summed E-state index contributed by atoms with van der Waals surface area (Å²) in [7, 11) is 0. The number of thiophene rings is 1. The average molecular weight is 432 g/mol. The van der Waals surface area contributed by atoms with Gasteiger partial charge < -0.3 is 19.2 Å². The molecule has 0 fully saturated rings. The summed E-state index contributed by atoms with van der Waals surface area (Å²) in [4.78, 5) is 24.8. The minimum Gasteiger partial charge on any atom is -0.467 e. The highest BCUT2D eigenvalue weighted by Crippen LogP contribution is 2.33. The first-order valence-electron chi connectivity index (χ1n) is 10.6. The number of aromatic amines is 1. The van der Waals surface area contributed by atoms with E-state index in [4.69, 9.17) is 14.1 Å². The average Bonchev–Trinajstić information content (AvgIpc) is 3.34. The zero-order chi connectivity index (χ0) is 21.1. The molecule has 3 aromatic heterocycles. The van der Waals surface area contributed by atoms with Crippen molar-refractivity contribution in [2.75, 3.05) is 13.2 Å². The monoisotopic (exact) mass is 431 g/mol. The molecule has 30 heavy (non-hydrogen) atoms. The molecule has 0 amide bonds. The Balaban J connectivity index is 1.42. The van der Waals surface area contributed by atoms with Crippen molar-refractivity contribution in [3.05, 3.63) is 50.8 Å². The summed E-state index contributed by atoms with van der Waals surface area (Å²) in [5, 5.41) is 11.2. The third kappa shape index (κ3) is 4.83. The van der Waals surface area contributed by atoms with Gasteiger partial charge in [0.15, 0.2) is 0 Å². The van der Waals surface area contributed by atoms with Crippen molar-refractivity contribution in [2.45, 2.75) is 64.8 Å². The number of fused-ring (bicyclic) bond motifs is 3. The highest BCUT2D eigenvalue weighted by atomic mass is 32.1. The molecular formula is C22H29N3O4S. The van der Waals surface area contributed by atoms with Crippen LogP contribution in [0.3, 0.4) is 0 Å². The minimum absolute atomic E-state index is 0.0413. The molecule has 2 N–H and O–H groups in total. The fourth-order valence-corrected chi connectivity index (χ4v) is 5.23. The molecule has 3 heterocycles. The molecule has 0 bridgehead atoms. The predicted molar refractivity (Wildman–Crippen MR) is 117 cm³/mol. The molecule has 1 atom stereocenters. The van der Waals surface area contributed by atoms with Crippen molar-refractivity contribution in [3.63, 3.8) is 0 Å². The number of rotatable bonds is 9. The van der Waals surface area contributed by atoms with Crippen molar-refractivity contribution < 1.29 is 14.3 Å². The standard InChI is InChI=1S/C22H29N3O4S/c1-14(2)25(10-15(26)12-28-13-16-6-5-9-29-16)11-19-23-21(27)20-17-7-3-4-8-18(17)30-22(20)24-19/h5-6,9,14-15,26H,3-4,7-8,10-13H2,1-2H3,(H,23,24,27)/t15-/m1/s1. The SMILES string of the molecule is CC(C)N(Cc1nc2sc3c(c2c(=O)[nH]1)CCCC3)C[C@@H](O)COCc1ccco1. The van der Waals surface area contributed by atoms with Crippen LogP contribution in [0.4, 0.5) is 0 Å². The lowest BCUT2D eigenvalue weighted by Crippen LogP contribution is -2.39. The zero-order valence-corrected chi connectivity index (χ0v) is 18.3. The number of H-pyrrole nitrogens is 1. The van der Waals surface area contributed by atoms with Gasteiger partial charge in [0, 0.05) is 17.5 Å². The van der Waals surface area contributed by atoms with E-state index >= 15 is 0 Å².